The first-order chi connectivity index (χ1) is 9.88. The Balaban J connectivity index is 1.88. The van der Waals surface area contributed by atoms with Crippen LogP contribution in [0, 0.1) is 23.7 Å². The Kier molecular flexibility index (Phi) is 10.2. The maximum atomic E-state index is 5.65. The van der Waals surface area contributed by atoms with Gasteiger partial charge in [0.15, 0.2) is 0 Å². The number of epoxide rings is 1. The Bertz CT molecular complexity index is 349. The molecular formula is C19H30O. The van der Waals surface area contributed by atoms with Crippen molar-refractivity contribution < 1.29 is 4.74 Å². The lowest BCUT2D eigenvalue weighted by atomic mass is 10.1. The molecule has 1 saturated heterocycles. The summed E-state index contributed by atoms with van der Waals surface area (Å²) in [6, 6.07) is 0. The Labute approximate surface area is 125 Å². The van der Waals surface area contributed by atoms with E-state index < -0.39 is 0 Å². The zero-order chi connectivity index (χ0) is 14.5. The van der Waals surface area contributed by atoms with Crippen molar-refractivity contribution in [3.8, 4) is 23.7 Å². The number of rotatable bonds is 9. The summed E-state index contributed by atoms with van der Waals surface area (Å²) in [4.78, 5) is 0. The van der Waals surface area contributed by atoms with Gasteiger partial charge in [-0.2, -0.15) is 0 Å². The largest absolute Gasteiger partial charge is 0.369 e. The average molecular weight is 274 g/mol. The topological polar surface area (TPSA) is 12.5 Å². The molecule has 0 bridgehead atoms. The molecular weight excluding hydrogens is 244 g/mol. The monoisotopic (exact) mass is 274 g/mol. The van der Waals surface area contributed by atoms with Gasteiger partial charge in [0, 0.05) is 12.8 Å². The lowest BCUT2D eigenvalue weighted by molar-refractivity contribution is 0.359. The minimum absolute atomic E-state index is 0.418. The van der Waals surface area contributed by atoms with Crippen LogP contribution in [0.1, 0.15) is 84.5 Å². The van der Waals surface area contributed by atoms with Crippen LogP contribution in [0.3, 0.4) is 0 Å². The summed E-state index contributed by atoms with van der Waals surface area (Å²) in [7, 11) is 0. The maximum absolute atomic E-state index is 5.65. The molecule has 0 amide bonds. The van der Waals surface area contributed by atoms with Gasteiger partial charge in [0.2, 0.25) is 0 Å². The maximum Gasteiger partial charge on any atom is 0.0950 e. The highest BCUT2D eigenvalue weighted by atomic mass is 16.6. The van der Waals surface area contributed by atoms with Crippen molar-refractivity contribution in [2.75, 3.05) is 0 Å². The fraction of sp³-hybridized carbons (Fsp3) is 0.789. The first-order valence-corrected chi connectivity index (χ1v) is 8.45. The first-order valence-electron chi connectivity index (χ1n) is 8.45. The van der Waals surface area contributed by atoms with Crippen molar-refractivity contribution in [3.05, 3.63) is 0 Å². The molecule has 0 aromatic rings. The van der Waals surface area contributed by atoms with Gasteiger partial charge in [-0.3, -0.25) is 0 Å². The molecule has 1 fully saturated rings. The first kappa shape index (κ1) is 17.1. The quantitative estimate of drug-likeness (QED) is 0.324. The van der Waals surface area contributed by atoms with Crippen LogP contribution in [0.2, 0.25) is 0 Å². The molecule has 1 rings (SSSR count). The summed E-state index contributed by atoms with van der Waals surface area (Å²) >= 11 is 0. The number of unbranched alkanes of at least 4 members (excludes halogenated alkanes) is 6. The van der Waals surface area contributed by atoms with E-state index in [9.17, 15) is 0 Å². The minimum atomic E-state index is 0.418. The molecule has 0 radical (unpaired) electrons. The number of ether oxygens (including phenoxy) is 1. The van der Waals surface area contributed by atoms with Gasteiger partial charge in [-0.1, -0.05) is 76.6 Å². The van der Waals surface area contributed by atoms with Gasteiger partial charge in [-0.25, -0.2) is 0 Å². The van der Waals surface area contributed by atoms with E-state index in [1.165, 1.54) is 51.4 Å². The molecule has 0 aromatic heterocycles. The average Bonchev–Trinajstić information content (AvgIpc) is 3.20. The van der Waals surface area contributed by atoms with E-state index in [1.807, 2.05) is 0 Å². The highest BCUT2D eigenvalue weighted by Crippen LogP contribution is 2.29. The van der Waals surface area contributed by atoms with Crippen LogP contribution in [-0.4, -0.2) is 12.2 Å². The molecule has 1 heterocycles. The van der Waals surface area contributed by atoms with E-state index >= 15 is 0 Å². The van der Waals surface area contributed by atoms with Crippen LogP contribution in [0.5, 0.6) is 0 Å². The van der Waals surface area contributed by atoms with Gasteiger partial charge < -0.3 is 4.74 Å². The second kappa shape index (κ2) is 11.9. The normalized spacial score (nSPS) is 19.7. The summed E-state index contributed by atoms with van der Waals surface area (Å²) in [6.45, 7) is 4.33. The molecule has 1 aliphatic rings. The van der Waals surface area contributed by atoms with Crippen molar-refractivity contribution in [2.45, 2.75) is 96.7 Å². The van der Waals surface area contributed by atoms with Gasteiger partial charge in [-0.05, 0) is 6.42 Å². The van der Waals surface area contributed by atoms with Crippen LogP contribution < -0.4 is 0 Å². The van der Waals surface area contributed by atoms with Crippen molar-refractivity contribution >= 4 is 0 Å². The number of hydrogen-bond acceptors (Lipinski definition) is 1. The van der Waals surface area contributed by atoms with Crippen LogP contribution in [0.15, 0.2) is 0 Å². The summed E-state index contributed by atoms with van der Waals surface area (Å²) in [5.74, 6) is 12.4. The predicted octanol–water partition coefficient (Wildman–Crippen LogP) is 5.09. The van der Waals surface area contributed by atoms with Crippen LogP contribution in [0.4, 0.5) is 0 Å². The van der Waals surface area contributed by atoms with Crippen molar-refractivity contribution in [1.29, 1.82) is 0 Å². The fourth-order valence-corrected chi connectivity index (χ4v) is 2.38. The smallest absolute Gasteiger partial charge is 0.0950 e. The lowest BCUT2D eigenvalue weighted by Gasteiger charge is -1.99. The molecule has 1 heteroatoms. The number of hydrogen-bond donors (Lipinski definition) is 0. The highest BCUT2D eigenvalue weighted by Gasteiger charge is 2.36. The Morgan fingerprint density at radius 2 is 1.45 bits per heavy atom. The summed E-state index contributed by atoms with van der Waals surface area (Å²) < 4.78 is 5.65. The van der Waals surface area contributed by atoms with Gasteiger partial charge in [0.05, 0.1) is 18.6 Å². The van der Waals surface area contributed by atoms with Crippen molar-refractivity contribution in [1.82, 2.24) is 0 Å². The highest BCUT2D eigenvalue weighted by molar-refractivity contribution is 5.12. The molecule has 0 saturated carbocycles. The van der Waals surface area contributed by atoms with E-state index in [2.05, 4.69) is 37.5 Å². The Hall–Kier alpha value is -0.920. The molecule has 0 N–H and O–H groups in total. The van der Waals surface area contributed by atoms with E-state index in [-0.39, 0.29) is 0 Å². The molecule has 0 aliphatic carbocycles. The molecule has 1 aliphatic heterocycles. The summed E-state index contributed by atoms with van der Waals surface area (Å²) in [6.07, 6.45) is 14.3. The minimum Gasteiger partial charge on any atom is -0.369 e. The third kappa shape index (κ3) is 9.06. The second-order valence-corrected chi connectivity index (χ2v) is 5.56. The van der Waals surface area contributed by atoms with E-state index in [0.29, 0.717) is 18.6 Å². The fourth-order valence-electron chi connectivity index (χ4n) is 2.38. The van der Waals surface area contributed by atoms with Crippen LogP contribution >= 0.6 is 0 Å². The van der Waals surface area contributed by atoms with Gasteiger partial charge >= 0.3 is 0 Å². The van der Waals surface area contributed by atoms with Crippen LogP contribution in [0.25, 0.3) is 0 Å². The molecule has 0 spiro atoms. The summed E-state index contributed by atoms with van der Waals surface area (Å²) in [5.41, 5.74) is 0. The van der Waals surface area contributed by atoms with Crippen molar-refractivity contribution in [2.24, 2.45) is 0 Å². The third-order valence-corrected chi connectivity index (χ3v) is 3.69. The van der Waals surface area contributed by atoms with Gasteiger partial charge in [-0.15, -0.1) is 5.92 Å². The lowest BCUT2D eigenvalue weighted by Crippen LogP contribution is -1.93. The molecule has 0 aromatic carbocycles. The predicted molar refractivity (Wildman–Crippen MR) is 86.3 cm³/mol. The SMILES string of the molecule is CCC#CCC#CC[C@H]1O[C@H]1CCCCCCCCC. The molecule has 0 unspecified atom stereocenters. The second-order valence-electron chi connectivity index (χ2n) is 5.56. The van der Waals surface area contributed by atoms with Gasteiger partial charge in [0.25, 0.3) is 0 Å². The molecule has 1 nitrogen and oxygen atoms in total. The summed E-state index contributed by atoms with van der Waals surface area (Å²) in [5, 5.41) is 0. The van der Waals surface area contributed by atoms with Gasteiger partial charge in [0.1, 0.15) is 0 Å². The zero-order valence-electron chi connectivity index (χ0n) is 13.3. The standard InChI is InChI=1S/C19H30O/c1-3-5-7-9-11-13-15-17-19-18(20-19)16-14-12-10-8-6-4-2/h18-19H,3-5,7,9-11,13,15-17H2,1-2H3/t18-,19+/m1/s1. The Morgan fingerprint density at radius 3 is 2.20 bits per heavy atom. The van der Waals surface area contributed by atoms with Crippen molar-refractivity contribution in [3.63, 3.8) is 0 Å². The molecule has 112 valence electrons. The molecule has 2 atom stereocenters. The van der Waals surface area contributed by atoms with E-state index in [0.717, 1.165) is 12.8 Å². The third-order valence-electron chi connectivity index (χ3n) is 3.69. The van der Waals surface area contributed by atoms with Crippen LogP contribution in [-0.2, 0) is 4.74 Å². The van der Waals surface area contributed by atoms with E-state index in [1.54, 1.807) is 0 Å². The Morgan fingerprint density at radius 1 is 0.750 bits per heavy atom. The van der Waals surface area contributed by atoms with E-state index in [4.69, 9.17) is 4.74 Å². The zero-order valence-corrected chi connectivity index (χ0v) is 13.3. The molecule has 20 heavy (non-hydrogen) atoms.